The summed E-state index contributed by atoms with van der Waals surface area (Å²) in [6.07, 6.45) is 0. The fourth-order valence-corrected chi connectivity index (χ4v) is 5.22. The molecule has 3 N–H and O–H groups in total. The lowest BCUT2D eigenvalue weighted by atomic mass is 9.94. The van der Waals surface area contributed by atoms with Crippen LogP contribution in [-0.2, 0) is 0 Å². The molecule has 2 aromatic heterocycles. The molecule has 4 aromatic carbocycles. The Bertz CT molecular complexity index is 2170. The SMILES string of the molecule is COc1ccc(-c2oc3cc4oc(-c5ccc(O)c(OC)c5)cc(=O)c4c(O)c3c2C(=O)c2c(O)cc(OC)cc2OC)cc1. The predicted molar refractivity (Wildman–Crippen MR) is 164 cm³/mol. The van der Waals surface area contributed by atoms with Crippen molar-refractivity contribution in [1.82, 2.24) is 0 Å². The summed E-state index contributed by atoms with van der Waals surface area (Å²) >= 11 is 0. The molecule has 0 fully saturated rings. The van der Waals surface area contributed by atoms with Crippen LogP contribution >= 0.6 is 0 Å². The first-order valence-corrected chi connectivity index (χ1v) is 13.5. The third-order valence-electron chi connectivity index (χ3n) is 7.43. The van der Waals surface area contributed by atoms with Gasteiger partial charge in [-0.2, -0.15) is 0 Å². The van der Waals surface area contributed by atoms with E-state index < -0.39 is 22.7 Å². The van der Waals surface area contributed by atoms with Crippen LogP contribution in [0.2, 0.25) is 0 Å². The molecule has 11 heteroatoms. The third kappa shape index (κ3) is 4.80. The molecule has 0 aliphatic rings. The molecular weight excluding hydrogens is 584 g/mol. The lowest BCUT2D eigenvalue weighted by molar-refractivity contribution is 0.103. The monoisotopic (exact) mass is 610 g/mol. The molecular formula is C34H26O11. The molecule has 0 bridgehead atoms. The lowest BCUT2D eigenvalue weighted by Gasteiger charge is -2.13. The molecule has 228 valence electrons. The maximum absolute atomic E-state index is 14.3. The normalized spacial score (nSPS) is 11.1. The van der Waals surface area contributed by atoms with Crippen LogP contribution in [0.25, 0.3) is 44.6 Å². The van der Waals surface area contributed by atoms with Gasteiger partial charge in [-0.05, 0) is 42.5 Å². The highest BCUT2D eigenvalue weighted by Crippen LogP contribution is 2.45. The van der Waals surface area contributed by atoms with Crippen molar-refractivity contribution in [3.05, 3.63) is 88.1 Å². The predicted octanol–water partition coefficient (Wildman–Crippen LogP) is 6.26. The Hall–Kier alpha value is -6.10. The number of phenolic OH excluding ortho intramolecular Hbond substituents is 3. The number of phenols is 3. The molecule has 6 rings (SSSR count). The van der Waals surface area contributed by atoms with E-state index >= 15 is 0 Å². The summed E-state index contributed by atoms with van der Waals surface area (Å²) < 4.78 is 33.3. The van der Waals surface area contributed by atoms with E-state index in [0.717, 1.165) is 0 Å². The van der Waals surface area contributed by atoms with Crippen molar-refractivity contribution >= 4 is 27.7 Å². The highest BCUT2D eigenvalue weighted by Gasteiger charge is 2.31. The van der Waals surface area contributed by atoms with E-state index in [2.05, 4.69) is 0 Å². The van der Waals surface area contributed by atoms with E-state index in [4.69, 9.17) is 27.8 Å². The van der Waals surface area contributed by atoms with Gasteiger partial charge < -0.3 is 43.1 Å². The molecule has 0 spiro atoms. The Labute approximate surface area is 255 Å². The molecule has 0 saturated carbocycles. The molecule has 2 heterocycles. The number of carbonyl (C=O) groups is 1. The highest BCUT2D eigenvalue weighted by atomic mass is 16.5. The number of methoxy groups -OCH3 is 4. The molecule has 0 saturated heterocycles. The second-order valence-corrected chi connectivity index (χ2v) is 9.92. The molecule has 0 aliphatic heterocycles. The van der Waals surface area contributed by atoms with Crippen LogP contribution in [0.3, 0.4) is 0 Å². The molecule has 6 aromatic rings. The van der Waals surface area contributed by atoms with E-state index in [1.54, 1.807) is 30.3 Å². The Morgan fingerprint density at radius 2 is 1.29 bits per heavy atom. The number of fused-ring (bicyclic) bond motifs is 2. The molecule has 0 atom stereocenters. The van der Waals surface area contributed by atoms with Crippen LogP contribution in [0.1, 0.15) is 15.9 Å². The fraction of sp³-hybridized carbons (Fsp3) is 0.118. The standard InChI is InChI=1S/C34H26O11/c1-40-18-8-5-16(6-9-18)34-31(33(39)28-21(36)12-19(41-2)13-25(28)43-4)30-27(45-34)15-26-29(32(30)38)22(37)14-23(44-26)17-7-10-20(35)24(11-17)42-3/h5-15,35-36,38H,1-4H3. The van der Waals surface area contributed by atoms with Gasteiger partial charge in [-0.1, -0.05) is 0 Å². The van der Waals surface area contributed by atoms with Crippen molar-refractivity contribution < 1.29 is 47.9 Å². The first-order chi connectivity index (χ1) is 21.7. The summed E-state index contributed by atoms with van der Waals surface area (Å²) in [5.74, 6) is -0.645. The van der Waals surface area contributed by atoms with Gasteiger partial charge in [0.05, 0.1) is 39.4 Å². The zero-order valence-corrected chi connectivity index (χ0v) is 24.5. The number of furan rings is 1. The minimum absolute atomic E-state index is 0.0145. The minimum Gasteiger partial charge on any atom is -0.507 e. The van der Waals surface area contributed by atoms with Gasteiger partial charge in [-0.3, -0.25) is 9.59 Å². The van der Waals surface area contributed by atoms with E-state index in [1.807, 2.05) is 0 Å². The average Bonchev–Trinajstić information content (AvgIpc) is 3.43. The number of hydrogen-bond acceptors (Lipinski definition) is 11. The number of hydrogen-bond donors (Lipinski definition) is 3. The zero-order chi connectivity index (χ0) is 32.0. The topological polar surface area (TPSA) is 158 Å². The lowest BCUT2D eigenvalue weighted by Crippen LogP contribution is -2.07. The van der Waals surface area contributed by atoms with Crippen molar-refractivity contribution in [2.75, 3.05) is 28.4 Å². The van der Waals surface area contributed by atoms with Gasteiger partial charge >= 0.3 is 0 Å². The van der Waals surface area contributed by atoms with E-state index in [-0.39, 0.29) is 67.6 Å². The Balaban J connectivity index is 1.65. The van der Waals surface area contributed by atoms with Gasteiger partial charge in [0.2, 0.25) is 5.78 Å². The summed E-state index contributed by atoms with van der Waals surface area (Å²) in [5, 5.41) is 32.2. The first kappa shape index (κ1) is 29.0. The fourth-order valence-electron chi connectivity index (χ4n) is 5.22. The molecule has 11 nitrogen and oxygen atoms in total. The van der Waals surface area contributed by atoms with Crippen LogP contribution in [0.15, 0.2) is 80.4 Å². The first-order valence-electron chi connectivity index (χ1n) is 13.5. The Morgan fingerprint density at radius 3 is 1.96 bits per heavy atom. The smallest absolute Gasteiger partial charge is 0.205 e. The van der Waals surface area contributed by atoms with Crippen molar-refractivity contribution in [2.45, 2.75) is 0 Å². The molecule has 0 amide bonds. The van der Waals surface area contributed by atoms with E-state index in [9.17, 15) is 24.9 Å². The molecule has 45 heavy (non-hydrogen) atoms. The van der Waals surface area contributed by atoms with Crippen LogP contribution in [-0.4, -0.2) is 49.5 Å². The van der Waals surface area contributed by atoms with Crippen molar-refractivity contribution in [3.63, 3.8) is 0 Å². The number of rotatable bonds is 8. The van der Waals surface area contributed by atoms with Crippen LogP contribution < -0.4 is 24.4 Å². The Kier molecular flexibility index (Phi) is 7.21. The summed E-state index contributed by atoms with van der Waals surface area (Å²) in [7, 11) is 5.64. The van der Waals surface area contributed by atoms with Gasteiger partial charge in [0.25, 0.3) is 0 Å². The van der Waals surface area contributed by atoms with Gasteiger partial charge in [-0.15, -0.1) is 0 Å². The highest BCUT2D eigenvalue weighted by molar-refractivity contribution is 6.24. The average molecular weight is 611 g/mol. The van der Waals surface area contributed by atoms with Gasteiger partial charge in [0.15, 0.2) is 16.9 Å². The number of benzene rings is 4. The maximum Gasteiger partial charge on any atom is 0.205 e. The second-order valence-electron chi connectivity index (χ2n) is 9.92. The molecule has 0 radical (unpaired) electrons. The number of ether oxygens (including phenoxy) is 4. The summed E-state index contributed by atoms with van der Waals surface area (Å²) in [4.78, 5) is 27.8. The summed E-state index contributed by atoms with van der Waals surface area (Å²) in [6, 6.07) is 16.4. The van der Waals surface area contributed by atoms with Gasteiger partial charge in [0, 0.05) is 35.4 Å². The van der Waals surface area contributed by atoms with Crippen molar-refractivity contribution in [2.24, 2.45) is 0 Å². The Morgan fingerprint density at radius 1 is 0.622 bits per heavy atom. The van der Waals surface area contributed by atoms with Crippen molar-refractivity contribution in [1.29, 1.82) is 0 Å². The van der Waals surface area contributed by atoms with Crippen LogP contribution in [0.5, 0.6) is 40.2 Å². The summed E-state index contributed by atoms with van der Waals surface area (Å²) in [5.41, 5.74) is -0.0492. The second kappa shape index (κ2) is 11.2. The van der Waals surface area contributed by atoms with Crippen LogP contribution in [0.4, 0.5) is 0 Å². The quantitative estimate of drug-likeness (QED) is 0.167. The van der Waals surface area contributed by atoms with Gasteiger partial charge in [-0.25, -0.2) is 0 Å². The molecule has 0 aliphatic carbocycles. The third-order valence-corrected chi connectivity index (χ3v) is 7.43. The van der Waals surface area contributed by atoms with E-state index in [1.165, 1.54) is 64.8 Å². The zero-order valence-electron chi connectivity index (χ0n) is 24.5. The minimum atomic E-state index is -0.747. The maximum atomic E-state index is 14.3. The number of carbonyl (C=O) groups excluding carboxylic acids is 1. The summed E-state index contributed by atoms with van der Waals surface area (Å²) in [6.45, 7) is 0. The van der Waals surface area contributed by atoms with Crippen molar-refractivity contribution in [3.8, 4) is 62.9 Å². The van der Waals surface area contributed by atoms with Gasteiger partial charge in [0.1, 0.15) is 62.4 Å². The van der Waals surface area contributed by atoms with Crippen LogP contribution in [0, 0.1) is 0 Å². The number of aromatic hydroxyl groups is 3. The largest absolute Gasteiger partial charge is 0.507 e. The number of ketones is 1. The van der Waals surface area contributed by atoms with E-state index in [0.29, 0.717) is 16.9 Å². The molecule has 0 unspecified atom stereocenters.